The minimum absolute atomic E-state index is 0.135. The van der Waals surface area contributed by atoms with Crippen LogP contribution in [0.15, 0.2) is 64.8 Å². The number of hydrogen-bond acceptors (Lipinski definition) is 2. The van der Waals surface area contributed by atoms with E-state index in [1.807, 2.05) is 18.4 Å². The molecule has 3 atom stereocenters. The summed E-state index contributed by atoms with van der Waals surface area (Å²) in [5.74, 6) is 1.30. The van der Waals surface area contributed by atoms with Crippen LogP contribution in [0, 0.1) is 34.9 Å². The number of aliphatic imine (C=N–C) groups is 1. The number of halogens is 2. The second kappa shape index (κ2) is 15.3. The van der Waals surface area contributed by atoms with Crippen molar-refractivity contribution in [3.05, 3.63) is 76.8 Å². The van der Waals surface area contributed by atoms with Crippen LogP contribution < -0.4 is 0 Å². The van der Waals surface area contributed by atoms with Crippen LogP contribution in [0.4, 0.5) is 8.78 Å². The van der Waals surface area contributed by atoms with Gasteiger partial charge in [0.2, 0.25) is 0 Å². The normalized spacial score (nSPS) is 25.9. The number of rotatable bonds is 12. The second-order valence-electron chi connectivity index (χ2n) is 12.1. The van der Waals surface area contributed by atoms with Gasteiger partial charge in [-0.15, -0.1) is 6.58 Å². The van der Waals surface area contributed by atoms with E-state index >= 15 is 0 Å². The molecule has 4 rings (SSSR count). The molecule has 1 fully saturated rings. The van der Waals surface area contributed by atoms with Gasteiger partial charge in [0.15, 0.2) is 0 Å². The molecule has 1 heterocycles. The van der Waals surface area contributed by atoms with Crippen molar-refractivity contribution in [3.8, 4) is 6.07 Å². The van der Waals surface area contributed by atoms with Crippen molar-refractivity contribution < 1.29 is 8.78 Å². The first-order chi connectivity index (χ1) is 19.5. The van der Waals surface area contributed by atoms with Crippen LogP contribution in [0.3, 0.4) is 0 Å². The van der Waals surface area contributed by atoms with E-state index in [4.69, 9.17) is 4.99 Å². The maximum absolute atomic E-state index is 14.6. The number of unbranched alkanes of at least 4 members (excludes halogenated alkanes) is 1. The lowest BCUT2D eigenvalue weighted by molar-refractivity contribution is 0.294. The van der Waals surface area contributed by atoms with E-state index in [1.54, 1.807) is 12.1 Å². The van der Waals surface area contributed by atoms with E-state index in [2.05, 4.69) is 31.7 Å². The number of fused-ring (bicyclic) bond motifs is 1. The Morgan fingerprint density at radius 1 is 1.15 bits per heavy atom. The van der Waals surface area contributed by atoms with Gasteiger partial charge in [0, 0.05) is 6.21 Å². The highest BCUT2D eigenvalue weighted by molar-refractivity contribution is 5.82. The fraction of sp³-hybridized carbons (Fsp3) is 0.556. The summed E-state index contributed by atoms with van der Waals surface area (Å²) >= 11 is 0. The van der Waals surface area contributed by atoms with Crippen molar-refractivity contribution in [2.24, 2.45) is 22.7 Å². The summed E-state index contributed by atoms with van der Waals surface area (Å²) < 4.78 is 27.9. The van der Waals surface area contributed by atoms with Crippen LogP contribution in [-0.4, -0.2) is 12.9 Å². The molecule has 1 aromatic rings. The molecule has 0 aromatic heterocycles. The van der Waals surface area contributed by atoms with Crippen molar-refractivity contribution in [1.29, 1.82) is 5.26 Å². The Morgan fingerprint density at radius 3 is 2.70 bits per heavy atom. The molecule has 40 heavy (non-hydrogen) atoms. The number of alkyl halides is 1. The molecule has 0 saturated heterocycles. The molecule has 0 N–H and O–H groups in total. The summed E-state index contributed by atoms with van der Waals surface area (Å²) in [4.78, 5) is 5.05. The maximum Gasteiger partial charge on any atom is 0.123 e. The molecule has 1 aliphatic heterocycles. The number of allylic oxidation sites excluding steroid dienone is 6. The average molecular weight is 545 g/mol. The Morgan fingerprint density at radius 2 is 1.95 bits per heavy atom. The largest absolute Gasteiger partial charge is 0.257 e. The Kier molecular flexibility index (Phi) is 11.5. The van der Waals surface area contributed by atoms with Crippen LogP contribution in [0.2, 0.25) is 0 Å². The summed E-state index contributed by atoms with van der Waals surface area (Å²) in [6, 6.07) is 7.57. The number of nitriles is 1. The lowest BCUT2D eigenvalue weighted by atomic mass is 9.75. The quantitative estimate of drug-likeness (QED) is 0.190. The van der Waals surface area contributed by atoms with Gasteiger partial charge in [-0.05, 0) is 115 Å². The van der Waals surface area contributed by atoms with E-state index < -0.39 is 0 Å². The predicted molar refractivity (Wildman–Crippen MR) is 163 cm³/mol. The molecule has 0 radical (unpaired) electrons. The number of hydrogen-bond donors (Lipinski definition) is 0. The summed E-state index contributed by atoms with van der Waals surface area (Å²) in [5, 5.41) is 9.86. The van der Waals surface area contributed by atoms with Crippen LogP contribution in [0.5, 0.6) is 0 Å². The lowest BCUT2D eigenvalue weighted by Crippen LogP contribution is -2.19. The minimum Gasteiger partial charge on any atom is -0.257 e. The van der Waals surface area contributed by atoms with Gasteiger partial charge in [0.25, 0.3) is 0 Å². The summed E-state index contributed by atoms with van der Waals surface area (Å²) in [5.41, 5.74) is 6.36. The van der Waals surface area contributed by atoms with Crippen LogP contribution >= 0.6 is 0 Å². The topological polar surface area (TPSA) is 36.1 Å². The Labute approximate surface area is 240 Å². The fourth-order valence-electron chi connectivity index (χ4n) is 7.15. The third kappa shape index (κ3) is 7.68. The first-order valence-electron chi connectivity index (χ1n) is 15.5. The third-order valence-corrected chi connectivity index (χ3v) is 9.45. The molecular weight excluding hydrogens is 498 g/mol. The zero-order valence-corrected chi connectivity index (χ0v) is 24.3. The highest BCUT2D eigenvalue weighted by Crippen LogP contribution is 2.49. The van der Waals surface area contributed by atoms with Crippen molar-refractivity contribution in [1.82, 2.24) is 0 Å². The summed E-state index contributed by atoms with van der Waals surface area (Å²) in [6.45, 7) is 5.81. The van der Waals surface area contributed by atoms with Crippen molar-refractivity contribution >= 4 is 11.8 Å². The average Bonchev–Trinajstić information content (AvgIpc) is 3.45. The molecule has 3 aliphatic rings. The zero-order chi connectivity index (χ0) is 28.3. The van der Waals surface area contributed by atoms with Gasteiger partial charge in [-0.1, -0.05) is 63.3 Å². The van der Waals surface area contributed by atoms with Gasteiger partial charge in [0.1, 0.15) is 5.82 Å². The Hall–Kier alpha value is -2.80. The van der Waals surface area contributed by atoms with Gasteiger partial charge >= 0.3 is 0 Å². The van der Waals surface area contributed by atoms with Crippen molar-refractivity contribution in [2.75, 3.05) is 6.67 Å². The van der Waals surface area contributed by atoms with Crippen LogP contribution in [-0.2, 0) is 0 Å². The highest BCUT2D eigenvalue weighted by Gasteiger charge is 2.36. The van der Waals surface area contributed by atoms with Crippen LogP contribution in [0.1, 0.15) is 114 Å². The lowest BCUT2D eigenvalue weighted by Gasteiger charge is -2.30. The molecule has 3 unspecified atom stereocenters. The van der Waals surface area contributed by atoms with E-state index in [0.29, 0.717) is 17.8 Å². The second-order valence-corrected chi connectivity index (χ2v) is 12.1. The molecule has 0 bridgehead atoms. The van der Waals surface area contributed by atoms with E-state index in [-0.39, 0.29) is 24.8 Å². The fourth-order valence-corrected chi connectivity index (χ4v) is 7.15. The molecule has 4 heteroatoms. The molecule has 0 amide bonds. The molecule has 0 spiro atoms. The van der Waals surface area contributed by atoms with E-state index in [9.17, 15) is 14.0 Å². The molecular formula is C36H46F2N2. The molecule has 1 aromatic carbocycles. The smallest absolute Gasteiger partial charge is 0.123 e. The highest BCUT2D eigenvalue weighted by atomic mass is 19.1. The van der Waals surface area contributed by atoms with Crippen molar-refractivity contribution in [3.63, 3.8) is 0 Å². The minimum atomic E-state index is -0.250. The monoisotopic (exact) mass is 544 g/mol. The first kappa shape index (κ1) is 30.2. The van der Waals surface area contributed by atoms with Crippen molar-refractivity contribution in [2.45, 2.75) is 103 Å². The molecule has 2 aliphatic carbocycles. The SMILES string of the molecule is C=CCCC(CF)CCCCC1=C\CC\C=C(C2=C(CC#N)c3cc(F)ccc3C(C)C(C3CCCC3)C2)/N=C/1. The molecule has 2 nitrogen and oxygen atoms in total. The van der Waals surface area contributed by atoms with E-state index in [0.717, 1.165) is 80.2 Å². The van der Waals surface area contributed by atoms with E-state index in [1.165, 1.54) is 36.8 Å². The molecule has 1 saturated carbocycles. The zero-order valence-electron chi connectivity index (χ0n) is 24.3. The van der Waals surface area contributed by atoms with Gasteiger partial charge in [-0.2, -0.15) is 5.26 Å². The Bertz CT molecular complexity index is 1180. The van der Waals surface area contributed by atoms with Gasteiger partial charge < -0.3 is 0 Å². The van der Waals surface area contributed by atoms with Crippen LogP contribution in [0.25, 0.3) is 5.57 Å². The third-order valence-electron chi connectivity index (χ3n) is 9.45. The predicted octanol–water partition coefficient (Wildman–Crippen LogP) is 10.6. The van der Waals surface area contributed by atoms with Gasteiger partial charge in [-0.25, -0.2) is 4.39 Å². The summed E-state index contributed by atoms with van der Waals surface area (Å²) in [7, 11) is 0. The number of nitrogens with zero attached hydrogens (tertiary/aromatic N) is 2. The van der Waals surface area contributed by atoms with Gasteiger partial charge in [0.05, 0.1) is 24.9 Å². The standard InChI is InChI=1S/C36H46F2N2/c1-3-4-11-27(24-37)12-5-6-13-28-14-7-10-17-36(40-25-28)35-23-33(29-15-8-9-16-29)26(2)31-19-18-30(38)22-34(31)32(35)20-21-39/h3,14,17-19,22,25-27,29,33H,1,4-13,15-16,20,23-24H2,2H3/b28-14-,36-17-,40-25+. The Balaban J connectivity index is 1.58. The van der Waals surface area contributed by atoms with Gasteiger partial charge in [-0.3, -0.25) is 9.38 Å². The maximum atomic E-state index is 14.6. The molecule has 214 valence electrons. The summed E-state index contributed by atoms with van der Waals surface area (Å²) in [6.07, 6.45) is 22.1. The number of benzene rings is 1. The first-order valence-corrected chi connectivity index (χ1v) is 15.5.